The summed E-state index contributed by atoms with van der Waals surface area (Å²) < 4.78 is 13.0. The maximum absolute atomic E-state index is 13.0. The summed E-state index contributed by atoms with van der Waals surface area (Å²) in [5.74, 6) is 0.209. The van der Waals surface area contributed by atoms with Gasteiger partial charge in [-0.3, -0.25) is 4.79 Å². The Morgan fingerprint density at radius 1 is 1.50 bits per heavy atom. The number of benzene rings is 1. The average Bonchev–Trinajstić information content (AvgIpc) is 2.70. The van der Waals surface area contributed by atoms with Crippen LogP contribution in [0.25, 0.3) is 11.0 Å². The SMILES string of the molecule is C[C@@H](N)C(=O)NCCc1nc2ccc(F)cc2[nH]1.Cl.Cl. The monoisotopic (exact) mass is 322 g/mol. The number of carbonyl (C=O) groups excluding carboxylic acids is 1. The zero-order chi connectivity index (χ0) is 13.1. The molecule has 4 N–H and O–H groups in total. The van der Waals surface area contributed by atoms with Crippen LogP contribution in [0.3, 0.4) is 0 Å². The molecule has 0 fully saturated rings. The van der Waals surface area contributed by atoms with Crippen molar-refractivity contribution in [3.05, 3.63) is 29.8 Å². The van der Waals surface area contributed by atoms with E-state index in [0.29, 0.717) is 29.8 Å². The van der Waals surface area contributed by atoms with Gasteiger partial charge in [0.25, 0.3) is 0 Å². The molecule has 20 heavy (non-hydrogen) atoms. The molecule has 8 heteroatoms. The zero-order valence-corrected chi connectivity index (χ0v) is 12.5. The molecule has 0 saturated heterocycles. The van der Waals surface area contributed by atoms with Crippen LogP contribution in [0, 0.1) is 5.82 Å². The molecule has 0 unspecified atom stereocenters. The number of amides is 1. The van der Waals surface area contributed by atoms with Crippen LogP contribution >= 0.6 is 24.8 Å². The molecular formula is C12H17Cl2FN4O. The van der Waals surface area contributed by atoms with E-state index in [0.717, 1.165) is 0 Å². The van der Waals surface area contributed by atoms with Crippen LogP contribution in [0.1, 0.15) is 12.7 Å². The highest BCUT2D eigenvalue weighted by atomic mass is 35.5. The molecule has 1 aromatic heterocycles. The van der Waals surface area contributed by atoms with Gasteiger partial charge in [0, 0.05) is 13.0 Å². The molecule has 1 atom stereocenters. The third-order valence-corrected chi connectivity index (χ3v) is 2.57. The Bertz CT molecular complexity index is 574. The van der Waals surface area contributed by atoms with Crippen molar-refractivity contribution in [2.45, 2.75) is 19.4 Å². The van der Waals surface area contributed by atoms with E-state index in [1.54, 1.807) is 13.0 Å². The van der Waals surface area contributed by atoms with Crippen molar-refractivity contribution in [1.82, 2.24) is 15.3 Å². The summed E-state index contributed by atoms with van der Waals surface area (Å²) >= 11 is 0. The van der Waals surface area contributed by atoms with Crippen LogP contribution in [0.5, 0.6) is 0 Å². The number of hydrogen-bond acceptors (Lipinski definition) is 3. The van der Waals surface area contributed by atoms with E-state index in [1.807, 2.05) is 0 Å². The highest BCUT2D eigenvalue weighted by Crippen LogP contribution is 2.12. The molecule has 112 valence electrons. The Kier molecular flexibility index (Phi) is 7.49. The second-order valence-electron chi connectivity index (χ2n) is 4.17. The minimum Gasteiger partial charge on any atom is -0.354 e. The van der Waals surface area contributed by atoms with Crippen LogP contribution in [-0.2, 0) is 11.2 Å². The Hall–Kier alpha value is -1.37. The number of imidazole rings is 1. The lowest BCUT2D eigenvalue weighted by atomic mass is 10.3. The van der Waals surface area contributed by atoms with Crippen molar-refractivity contribution in [3.8, 4) is 0 Å². The first kappa shape index (κ1) is 18.6. The molecule has 0 bridgehead atoms. The van der Waals surface area contributed by atoms with Gasteiger partial charge in [-0.25, -0.2) is 9.37 Å². The lowest BCUT2D eigenvalue weighted by Gasteiger charge is -2.05. The standard InChI is InChI=1S/C12H15FN4O.2ClH/c1-7(14)12(18)15-5-4-11-16-9-3-2-8(13)6-10(9)17-11;;/h2-3,6-7H,4-5,14H2,1H3,(H,15,18)(H,16,17);2*1H/t7-;;/m1../s1. The summed E-state index contributed by atoms with van der Waals surface area (Å²) in [4.78, 5) is 18.5. The van der Waals surface area contributed by atoms with E-state index in [1.165, 1.54) is 12.1 Å². The minimum atomic E-state index is -0.519. The van der Waals surface area contributed by atoms with Crippen LogP contribution < -0.4 is 11.1 Å². The fourth-order valence-electron chi connectivity index (χ4n) is 1.62. The number of aromatic amines is 1. The Morgan fingerprint density at radius 2 is 2.20 bits per heavy atom. The van der Waals surface area contributed by atoms with Gasteiger partial charge in [0.05, 0.1) is 17.1 Å². The molecule has 0 aliphatic rings. The topological polar surface area (TPSA) is 83.8 Å². The normalized spacial score (nSPS) is 11.3. The van der Waals surface area contributed by atoms with Gasteiger partial charge in [0.2, 0.25) is 5.91 Å². The summed E-state index contributed by atoms with van der Waals surface area (Å²) in [5, 5.41) is 2.69. The molecular weight excluding hydrogens is 306 g/mol. The van der Waals surface area contributed by atoms with E-state index in [-0.39, 0.29) is 36.5 Å². The van der Waals surface area contributed by atoms with E-state index >= 15 is 0 Å². The second kappa shape index (κ2) is 8.04. The first-order valence-electron chi connectivity index (χ1n) is 5.73. The Balaban J connectivity index is 0.00000180. The third kappa shape index (κ3) is 4.63. The van der Waals surface area contributed by atoms with E-state index in [9.17, 15) is 9.18 Å². The van der Waals surface area contributed by atoms with E-state index in [2.05, 4.69) is 15.3 Å². The smallest absolute Gasteiger partial charge is 0.236 e. The largest absolute Gasteiger partial charge is 0.354 e. The number of rotatable bonds is 4. The summed E-state index contributed by atoms with van der Waals surface area (Å²) in [6, 6.07) is 3.86. The Morgan fingerprint density at radius 3 is 2.85 bits per heavy atom. The van der Waals surface area contributed by atoms with Crippen molar-refractivity contribution in [2.75, 3.05) is 6.54 Å². The predicted octanol–water partition coefficient (Wildman–Crippen LogP) is 1.55. The summed E-state index contributed by atoms with van der Waals surface area (Å²) in [5.41, 5.74) is 6.79. The van der Waals surface area contributed by atoms with Gasteiger partial charge in [0.1, 0.15) is 11.6 Å². The molecule has 0 aliphatic heterocycles. The molecule has 1 heterocycles. The fourth-order valence-corrected chi connectivity index (χ4v) is 1.62. The maximum atomic E-state index is 13.0. The number of halogens is 3. The molecule has 1 aromatic carbocycles. The van der Waals surface area contributed by atoms with Crippen LogP contribution in [-0.4, -0.2) is 28.5 Å². The number of nitrogens with two attached hydrogens (primary N) is 1. The zero-order valence-electron chi connectivity index (χ0n) is 10.9. The maximum Gasteiger partial charge on any atom is 0.236 e. The summed E-state index contributed by atoms with van der Waals surface area (Å²) in [6.07, 6.45) is 0.550. The van der Waals surface area contributed by atoms with Gasteiger partial charge < -0.3 is 16.0 Å². The minimum absolute atomic E-state index is 0. The van der Waals surface area contributed by atoms with Crippen molar-refractivity contribution in [1.29, 1.82) is 0 Å². The summed E-state index contributed by atoms with van der Waals surface area (Å²) in [7, 11) is 0. The Labute approximate surface area is 128 Å². The number of aromatic nitrogens is 2. The van der Waals surface area contributed by atoms with Crippen LogP contribution in [0.4, 0.5) is 4.39 Å². The first-order valence-corrected chi connectivity index (χ1v) is 5.73. The fraction of sp³-hybridized carbons (Fsp3) is 0.333. The van der Waals surface area contributed by atoms with E-state index in [4.69, 9.17) is 5.73 Å². The number of H-pyrrole nitrogens is 1. The van der Waals surface area contributed by atoms with Crippen molar-refractivity contribution in [3.63, 3.8) is 0 Å². The average molecular weight is 323 g/mol. The van der Waals surface area contributed by atoms with Crippen molar-refractivity contribution >= 4 is 41.8 Å². The lowest BCUT2D eigenvalue weighted by molar-refractivity contribution is -0.121. The molecule has 0 spiro atoms. The second-order valence-corrected chi connectivity index (χ2v) is 4.17. The lowest BCUT2D eigenvalue weighted by Crippen LogP contribution is -2.39. The first-order chi connectivity index (χ1) is 8.56. The predicted molar refractivity (Wildman–Crippen MR) is 80.9 cm³/mol. The number of hydrogen-bond donors (Lipinski definition) is 3. The van der Waals surface area contributed by atoms with Gasteiger partial charge in [0.15, 0.2) is 0 Å². The van der Waals surface area contributed by atoms with Gasteiger partial charge in [-0.15, -0.1) is 24.8 Å². The highest BCUT2D eigenvalue weighted by molar-refractivity contribution is 5.85. The van der Waals surface area contributed by atoms with Gasteiger partial charge in [-0.2, -0.15) is 0 Å². The molecule has 1 amide bonds. The molecule has 2 aromatic rings. The van der Waals surface area contributed by atoms with Crippen LogP contribution in [0.2, 0.25) is 0 Å². The highest BCUT2D eigenvalue weighted by Gasteiger charge is 2.07. The van der Waals surface area contributed by atoms with Gasteiger partial charge in [-0.05, 0) is 25.1 Å². The number of fused-ring (bicyclic) bond motifs is 1. The third-order valence-electron chi connectivity index (χ3n) is 2.57. The van der Waals surface area contributed by atoms with Gasteiger partial charge in [-0.1, -0.05) is 0 Å². The quantitative estimate of drug-likeness (QED) is 0.798. The molecule has 5 nitrogen and oxygen atoms in total. The summed E-state index contributed by atoms with van der Waals surface area (Å²) in [6.45, 7) is 2.07. The van der Waals surface area contributed by atoms with Crippen molar-refractivity contribution < 1.29 is 9.18 Å². The number of nitrogens with one attached hydrogen (secondary N) is 2. The van der Waals surface area contributed by atoms with Gasteiger partial charge >= 0.3 is 0 Å². The van der Waals surface area contributed by atoms with Crippen LogP contribution in [0.15, 0.2) is 18.2 Å². The number of carbonyl (C=O) groups is 1. The van der Waals surface area contributed by atoms with E-state index < -0.39 is 6.04 Å². The molecule has 0 aliphatic carbocycles. The molecule has 0 saturated carbocycles. The molecule has 2 rings (SSSR count). The van der Waals surface area contributed by atoms with Crippen molar-refractivity contribution in [2.24, 2.45) is 5.73 Å². The number of nitrogens with zero attached hydrogens (tertiary/aromatic N) is 1. The molecule has 0 radical (unpaired) electrons.